The Bertz CT molecular complexity index is 515. The van der Waals surface area contributed by atoms with Gasteiger partial charge in [-0.3, -0.25) is 4.79 Å². The van der Waals surface area contributed by atoms with Gasteiger partial charge in [0.05, 0.1) is 11.3 Å². The molecule has 0 spiro atoms. The van der Waals surface area contributed by atoms with Gasteiger partial charge in [0, 0.05) is 5.92 Å². The van der Waals surface area contributed by atoms with Crippen molar-refractivity contribution >= 4 is 17.6 Å². The Balaban J connectivity index is 2.19. The number of carbonyl (C=O) groups is 2. The van der Waals surface area contributed by atoms with Crippen molar-refractivity contribution in [1.29, 1.82) is 0 Å². The van der Waals surface area contributed by atoms with Gasteiger partial charge in [-0.25, -0.2) is 9.18 Å². The van der Waals surface area contributed by atoms with Crippen LogP contribution in [-0.2, 0) is 4.79 Å². The van der Waals surface area contributed by atoms with Gasteiger partial charge in [-0.2, -0.15) is 0 Å². The van der Waals surface area contributed by atoms with Crippen molar-refractivity contribution in [3.63, 3.8) is 0 Å². The van der Waals surface area contributed by atoms with E-state index in [1.54, 1.807) is 0 Å². The zero-order valence-electron chi connectivity index (χ0n) is 10.6. The molecular formula is C14H16FNO3. The molecule has 0 aliphatic heterocycles. The summed E-state index contributed by atoms with van der Waals surface area (Å²) in [5.74, 6) is -1.86. The highest BCUT2D eigenvalue weighted by Gasteiger charge is 2.30. The number of anilines is 1. The van der Waals surface area contributed by atoms with Gasteiger partial charge in [0.1, 0.15) is 5.82 Å². The maximum atomic E-state index is 13.0. The number of hydrogen-bond donors (Lipinski definition) is 2. The Kier molecular flexibility index (Phi) is 3.83. The van der Waals surface area contributed by atoms with Crippen LogP contribution in [-0.4, -0.2) is 17.0 Å². The van der Waals surface area contributed by atoms with Crippen LogP contribution >= 0.6 is 0 Å². The number of rotatable bonds is 3. The molecule has 0 radical (unpaired) electrons. The molecule has 2 rings (SSSR count). The normalized spacial score (nSPS) is 22.2. The third-order valence-electron chi connectivity index (χ3n) is 3.67. The van der Waals surface area contributed by atoms with Crippen molar-refractivity contribution in [3.8, 4) is 0 Å². The summed E-state index contributed by atoms with van der Waals surface area (Å²) in [5.41, 5.74) is -0.0722. The third-order valence-corrected chi connectivity index (χ3v) is 3.67. The number of carboxylic acids is 1. The minimum atomic E-state index is -1.26. The van der Waals surface area contributed by atoms with Crippen molar-refractivity contribution in [2.24, 2.45) is 11.8 Å². The first-order valence-corrected chi connectivity index (χ1v) is 6.32. The smallest absolute Gasteiger partial charge is 0.337 e. The number of aromatic carboxylic acids is 1. The summed E-state index contributed by atoms with van der Waals surface area (Å²) in [6, 6.07) is 3.34. The standard InChI is InChI=1S/C14H16FNO3/c1-8-3-2-4-10(8)13(17)16-12-6-5-9(15)7-11(12)14(18)19/h5-8,10H,2-4H2,1H3,(H,16,17)(H,18,19). The molecule has 0 bridgehead atoms. The van der Waals surface area contributed by atoms with E-state index >= 15 is 0 Å². The Morgan fingerprint density at radius 3 is 2.68 bits per heavy atom. The summed E-state index contributed by atoms with van der Waals surface area (Å²) in [6.45, 7) is 2.01. The number of benzene rings is 1. The largest absolute Gasteiger partial charge is 0.478 e. The molecule has 2 atom stereocenters. The molecule has 2 N–H and O–H groups in total. The SMILES string of the molecule is CC1CCCC1C(=O)Nc1ccc(F)cc1C(=O)O. The topological polar surface area (TPSA) is 66.4 Å². The number of amides is 1. The number of carboxylic acid groups (broad SMARTS) is 1. The molecule has 5 heteroatoms. The Labute approximate surface area is 110 Å². The summed E-state index contributed by atoms with van der Waals surface area (Å²) in [5, 5.41) is 11.6. The van der Waals surface area contributed by atoms with Gasteiger partial charge in [0.25, 0.3) is 0 Å². The fourth-order valence-electron chi connectivity index (χ4n) is 2.56. The van der Waals surface area contributed by atoms with Gasteiger partial charge < -0.3 is 10.4 Å². The fraction of sp³-hybridized carbons (Fsp3) is 0.429. The van der Waals surface area contributed by atoms with Gasteiger partial charge in [-0.15, -0.1) is 0 Å². The van der Waals surface area contributed by atoms with Crippen molar-refractivity contribution in [2.45, 2.75) is 26.2 Å². The van der Waals surface area contributed by atoms with Crippen LogP contribution in [0.3, 0.4) is 0 Å². The van der Waals surface area contributed by atoms with E-state index in [1.165, 1.54) is 6.07 Å². The van der Waals surface area contributed by atoms with Crippen LogP contribution in [0.1, 0.15) is 36.5 Å². The first-order chi connectivity index (χ1) is 8.99. The van der Waals surface area contributed by atoms with E-state index in [-0.39, 0.29) is 23.1 Å². The molecule has 4 nitrogen and oxygen atoms in total. The Morgan fingerprint density at radius 1 is 1.37 bits per heavy atom. The molecule has 19 heavy (non-hydrogen) atoms. The summed E-state index contributed by atoms with van der Waals surface area (Å²) in [6.07, 6.45) is 2.83. The van der Waals surface area contributed by atoms with Gasteiger partial charge >= 0.3 is 5.97 Å². The van der Waals surface area contributed by atoms with Crippen molar-refractivity contribution in [2.75, 3.05) is 5.32 Å². The van der Waals surface area contributed by atoms with Gasteiger partial charge in [-0.1, -0.05) is 13.3 Å². The van der Waals surface area contributed by atoms with E-state index in [0.29, 0.717) is 5.92 Å². The van der Waals surface area contributed by atoms with E-state index in [2.05, 4.69) is 5.32 Å². The van der Waals surface area contributed by atoms with E-state index in [4.69, 9.17) is 5.11 Å². The fourth-order valence-corrected chi connectivity index (χ4v) is 2.56. The minimum absolute atomic E-state index is 0.0910. The summed E-state index contributed by atoms with van der Waals surface area (Å²) in [7, 11) is 0. The minimum Gasteiger partial charge on any atom is -0.478 e. The van der Waals surface area contributed by atoms with Gasteiger partial charge in [-0.05, 0) is 37.0 Å². The third kappa shape index (κ3) is 2.92. The second-order valence-electron chi connectivity index (χ2n) is 5.00. The first-order valence-electron chi connectivity index (χ1n) is 6.32. The molecule has 1 fully saturated rings. The highest BCUT2D eigenvalue weighted by Crippen LogP contribution is 2.32. The predicted octanol–water partition coefficient (Wildman–Crippen LogP) is 2.90. The van der Waals surface area contributed by atoms with Crippen LogP contribution < -0.4 is 5.32 Å². The lowest BCUT2D eigenvalue weighted by Gasteiger charge is -2.16. The Hall–Kier alpha value is -1.91. The van der Waals surface area contributed by atoms with Gasteiger partial charge in [0.15, 0.2) is 0 Å². The number of hydrogen-bond acceptors (Lipinski definition) is 2. The number of nitrogens with one attached hydrogen (secondary N) is 1. The molecule has 102 valence electrons. The van der Waals surface area contributed by atoms with Crippen molar-refractivity contribution < 1.29 is 19.1 Å². The summed E-state index contributed by atoms with van der Waals surface area (Å²) < 4.78 is 13.0. The second-order valence-corrected chi connectivity index (χ2v) is 5.00. The van der Waals surface area contributed by atoms with E-state index < -0.39 is 11.8 Å². The molecule has 1 aromatic rings. The van der Waals surface area contributed by atoms with Crippen LogP contribution in [0.15, 0.2) is 18.2 Å². The van der Waals surface area contributed by atoms with E-state index in [1.807, 2.05) is 6.92 Å². The molecule has 1 saturated carbocycles. The maximum Gasteiger partial charge on any atom is 0.337 e. The molecular weight excluding hydrogens is 249 g/mol. The average molecular weight is 265 g/mol. The molecule has 0 aromatic heterocycles. The maximum absolute atomic E-state index is 13.0. The molecule has 0 saturated heterocycles. The Morgan fingerprint density at radius 2 is 2.11 bits per heavy atom. The monoisotopic (exact) mass is 265 g/mol. The first kappa shape index (κ1) is 13.5. The van der Waals surface area contributed by atoms with Crippen LogP contribution in [0.5, 0.6) is 0 Å². The second kappa shape index (κ2) is 5.38. The van der Waals surface area contributed by atoms with Crippen LogP contribution in [0, 0.1) is 17.7 Å². The van der Waals surface area contributed by atoms with E-state index in [0.717, 1.165) is 31.4 Å². The summed E-state index contributed by atoms with van der Waals surface area (Å²) >= 11 is 0. The lowest BCUT2D eigenvalue weighted by molar-refractivity contribution is -0.120. The van der Waals surface area contributed by atoms with Crippen molar-refractivity contribution in [3.05, 3.63) is 29.6 Å². The number of halogens is 1. The number of carbonyl (C=O) groups excluding carboxylic acids is 1. The lowest BCUT2D eigenvalue weighted by Crippen LogP contribution is -2.25. The van der Waals surface area contributed by atoms with E-state index in [9.17, 15) is 14.0 Å². The highest BCUT2D eigenvalue weighted by atomic mass is 19.1. The lowest BCUT2D eigenvalue weighted by atomic mass is 9.97. The van der Waals surface area contributed by atoms with Crippen LogP contribution in [0.25, 0.3) is 0 Å². The highest BCUT2D eigenvalue weighted by molar-refractivity contribution is 6.01. The summed E-state index contributed by atoms with van der Waals surface area (Å²) in [4.78, 5) is 23.1. The van der Waals surface area contributed by atoms with Gasteiger partial charge in [0.2, 0.25) is 5.91 Å². The van der Waals surface area contributed by atoms with Crippen molar-refractivity contribution in [1.82, 2.24) is 0 Å². The molecule has 2 unspecified atom stereocenters. The predicted molar refractivity (Wildman–Crippen MR) is 68.5 cm³/mol. The molecule has 1 aliphatic rings. The average Bonchev–Trinajstić information content (AvgIpc) is 2.77. The molecule has 1 aromatic carbocycles. The quantitative estimate of drug-likeness (QED) is 0.883. The molecule has 1 amide bonds. The zero-order valence-corrected chi connectivity index (χ0v) is 10.6. The van der Waals surface area contributed by atoms with Crippen LogP contribution in [0.2, 0.25) is 0 Å². The zero-order chi connectivity index (χ0) is 14.0. The van der Waals surface area contributed by atoms with Crippen LogP contribution in [0.4, 0.5) is 10.1 Å². The molecule has 0 heterocycles. The molecule has 1 aliphatic carbocycles.